The molecule has 1 atom stereocenters. The number of aryl methyl sites for hydroxylation is 1. The Balaban J connectivity index is 1.47. The Morgan fingerprint density at radius 1 is 1.28 bits per heavy atom. The first-order valence-corrected chi connectivity index (χ1v) is 8.74. The van der Waals surface area contributed by atoms with Gasteiger partial charge in [0.25, 0.3) is 0 Å². The van der Waals surface area contributed by atoms with Crippen molar-refractivity contribution in [1.29, 1.82) is 0 Å². The fraction of sp³-hybridized carbons (Fsp3) is 0.444. The second kappa shape index (κ2) is 7.14. The Labute approximate surface area is 146 Å². The fourth-order valence-electron chi connectivity index (χ4n) is 3.41. The van der Waals surface area contributed by atoms with E-state index in [0.717, 1.165) is 25.1 Å². The average Bonchev–Trinajstić information content (AvgIpc) is 3.29. The summed E-state index contributed by atoms with van der Waals surface area (Å²) in [7, 11) is 0. The number of hydrogen-bond donors (Lipinski definition) is 0. The molecule has 1 aliphatic heterocycles. The van der Waals surface area contributed by atoms with Crippen LogP contribution in [-0.4, -0.2) is 42.4 Å². The van der Waals surface area contributed by atoms with Crippen LogP contribution in [0.4, 0.5) is 0 Å². The molecule has 0 bridgehead atoms. The van der Waals surface area contributed by atoms with Crippen molar-refractivity contribution in [2.75, 3.05) is 6.54 Å². The highest BCUT2D eigenvalue weighted by molar-refractivity contribution is 5.55. The molecular weight excluding hydrogens is 316 g/mol. The highest BCUT2D eigenvalue weighted by atomic mass is 16.5. The number of rotatable bonds is 5. The molecule has 25 heavy (non-hydrogen) atoms. The minimum Gasteiger partial charge on any atom is -0.338 e. The van der Waals surface area contributed by atoms with E-state index < -0.39 is 0 Å². The Morgan fingerprint density at radius 2 is 2.24 bits per heavy atom. The third kappa shape index (κ3) is 3.76. The minimum absolute atomic E-state index is 0.421. The van der Waals surface area contributed by atoms with Gasteiger partial charge in [-0.15, -0.1) is 0 Å². The molecule has 0 spiro atoms. The van der Waals surface area contributed by atoms with Gasteiger partial charge < -0.3 is 4.52 Å². The first-order valence-electron chi connectivity index (χ1n) is 8.74. The van der Waals surface area contributed by atoms with Gasteiger partial charge in [-0.25, -0.2) is 4.98 Å². The normalized spacial score (nSPS) is 18.5. The van der Waals surface area contributed by atoms with Crippen LogP contribution in [-0.2, 0) is 13.1 Å². The van der Waals surface area contributed by atoms with Gasteiger partial charge in [-0.1, -0.05) is 35.3 Å². The molecule has 130 valence electrons. The Kier molecular flexibility index (Phi) is 4.56. The van der Waals surface area contributed by atoms with Gasteiger partial charge in [0.1, 0.15) is 12.7 Å². The highest BCUT2D eigenvalue weighted by Crippen LogP contribution is 2.22. The summed E-state index contributed by atoms with van der Waals surface area (Å²) < 4.78 is 7.41. The predicted octanol–water partition coefficient (Wildman–Crippen LogP) is 2.69. The van der Waals surface area contributed by atoms with Crippen molar-refractivity contribution in [3.8, 4) is 11.4 Å². The van der Waals surface area contributed by atoms with Crippen molar-refractivity contribution in [2.45, 2.75) is 45.3 Å². The second-order valence-corrected chi connectivity index (χ2v) is 6.62. The lowest BCUT2D eigenvalue weighted by atomic mass is 10.0. The number of aromatic nitrogens is 5. The molecule has 2 aromatic heterocycles. The maximum atomic E-state index is 5.51. The Bertz CT molecular complexity index is 813. The van der Waals surface area contributed by atoms with Crippen molar-refractivity contribution < 1.29 is 4.52 Å². The Hall–Kier alpha value is -2.54. The van der Waals surface area contributed by atoms with Gasteiger partial charge in [-0.2, -0.15) is 10.1 Å². The van der Waals surface area contributed by atoms with E-state index in [0.29, 0.717) is 24.3 Å². The van der Waals surface area contributed by atoms with Crippen LogP contribution in [0.15, 0.2) is 41.4 Å². The van der Waals surface area contributed by atoms with E-state index in [2.05, 4.69) is 44.2 Å². The zero-order valence-electron chi connectivity index (χ0n) is 14.4. The van der Waals surface area contributed by atoms with Gasteiger partial charge in [-0.3, -0.25) is 9.58 Å². The lowest BCUT2D eigenvalue weighted by molar-refractivity contribution is 0.108. The number of hydrogen-bond acceptors (Lipinski definition) is 6. The maximum Gasteiger partial charge on any atom is 0.241 e. The summed E-state index contributed by atoms with van der Waals surface area (Å²) in [6.07, 6.45) is 6.95. The zero-order valence-corrected chi connectivity index (χ0v) is 14.4. The third-order valence-corrected chi connectivity index (χ3v) is 4.70. The van der Waals surface area contributed by atoms with E-state index in [-0.39, 0.29) is 0 Å². The largest absolute Gasteiger partial charge is 0.338 e. The van der Waals surface area contributed by atoms with Crippen LogP contribution in [0.25, 0.3) is 11.4 Å². The van der Waals surface area contributed by atoms with Crippen molar-refractivity contribution in [3.05, 3.63) is 48.4 Å². The van der Waals surface area contributed by atoms with Gasteiger partial charge >= 0.3 is 0 Å². The molecule has 3 heterocycles. The summed E-state index contributed by atoms with van der Waals surface area (Å²) in [5.41, 5.74) is 2.18. The first kappa shape index (κ1) is 16.0. The first-order chi connectivity index (χ1) is 12.3. The van der Waals surface area contributed by atoms with Crippen LogP contribution in [0.5, 0.6) is 0 Å². The molecule has 1 fully saturated rings. The molecular formula is C18H22N6O. The average molecular weight is 338 g/mol. The standard InChI is InChI=1S/C18H22N6O/c1-14-5-4-6-15(9-14)18-21-17(25-22-18)11-23-8-3-2-7-16(23)10-24-13-19-12-20-24/h4-6,9,12-13,16H,2-3,7-8,10-11H2,1H3/t16-/m1/s1. The summed E-state index contributed by atoms with van der Waals surface area (Å²) in [6.45, 7) is 4.63. The van der Waals surface area contributed by atoms with Crippen LogP contribution in [0.2, 0.25) is 0 Å². The minimum atomic E-state index is 0.421. The Morgan fingerprint density at radius 3 is 3.08 bits per heavy atom. The highest BCUT2D eigenvalue weighted by Gasteiger charge is 2.25. The summed E-state index contributed by atoms with van der Waals surface area (Å²) in [5, 5.41) is 8.38. The molecule has 0 radical (unpaired) electrons. The molecule has 0 amide bonds. The SMILES string of the molecule is Cc1cccc(-c2noc(CN3CCCC[C@@H]3Cn3cncn3)n2)c1. The number of nitrogens with zero attached hydrogens (tertiary/aromatic N) is 6. The fourth-order valence-corrected chi connectivity index (χ4v) is 3.41. The lowest BCUT2D eigenvalue weighted by Crippen LogP contribution is -2.41. The predicted molar refractivity (Wildman–Crippen MR) is 92.5 cm³/mol. The van der Waals surface area contributed by atoms with Gasteiger partial charge in [0.2, 0.25) is 11.7 Å². The molecule has 0 saturated carbocycles. The van der Waals surface area contributed by atoms with Crippen LogP contribution < -0.4 is 0 Å². The molecule has 1 aliphatic rings. The van der Waals surface area contributed by atoms with E-state index in [1.54, 1.807) is 12.7 Å². The van der Waals surface area contributed by atoms with E-state index >= 15 is 0 Å². The molecule has 7 heteroatoms. The summed E-state index contributed by atoms with van der Waals surface area (Å²) in [5.74, 6) is 1.32. The molecule has 1 saturated heterocycles. The van der Waals surface area contributed by atoms with Crippen LogP contribution in [0.3, 0.4) is 0 Å². The van der Waals surface area contributed by atoms with E-state index in [9.17, 15) is 0 Å². The van der Waals surface area contributed by atoms with Gasteiger partial charge in [0.05, 0.1) is 13.1 Å². The van der Waals surface area contributed by atoms with Crippen LogP contribution in [0, 0.1) is 6.92 Å². The topological polar surface area (TPSA) is 72.9 Å². The molecule has 0 unspecified atom stereocenters. The summed E-state index contributed by atoms with van der Waals surface area (Å²) in [4.78, 5) is 11.0. The lowest BCUT2D eigenvalue weighted by Gasteiger charge is -2.34. The number of likely N-dealkylation sites (tertiary alicyclic amines) is 1. The number of benzene rings is 1. The molecule has 0 N–H and O–H groups in total. The monoisotopic (exact) mass is 338 g/mol. The molecule has 0 aliphatic carbocycles. The molecule has 3 aromatic rings. The smallest absolute Gasteiger partial charge is 0.241 e. The number of piperidine rings is 1. The van der Waals surface area contributed by atoms with Crippen LogP contribution >= 0.6 is 0 Å². The summed E-state index contributed by atoms with van der Waals surface area (Å²) >= 11 is 0. The van der Waals surface area contributed by atoms with Crippen molar-refractivity contribution in [1.82, 2.24) is 29.8 Å². The quantitative estimate of drug-likeness (QED) is 0.712. The van der Waals surface area contributed by atoms with E-state index in [4.69, 9.17) is 4.52 Å². The molecule has 7 nitrogen and oxygen atoms in total. The second-order valence-electron chi connectivity index (χ2n) is 6.62. The molecule has 4 rings (SSSR count). The van der Waals surface area contributed by atoms with Gasteiger partial charge in [0, 0.05) is 11.6 Å². The van der Waals surface area contributed by atoms with E-state index in [1.807, 2.05) is 16.8 Å². The van der Waals surface area contributed by atoms with Crippen molar-refractivity contribution in [2.24, 2.45) is 0 Å². The van der Waals surface area contributed by atoms with Gasteiger partial charge in [0.15, 0.2) is 0 Å². The third-order valence-electron chi connectivity index (χ3n) is 4.70. The maximum absolute atomic E-state index is 5.51. The zero-order chi connectivity index (χ0) is 17.1. The van der Waals surface area contributed by atoms with Crippen molar-refractivity contribution in [3.63, 3.8) is 0 Å². The molecule has 1 aromatic carbocycles. The summed E-state index contributed by atoms with van der Waals surface area (Å²) in [6, 6.07) is 8.58. The van der Waals surface area contributed by atoms with Gasteiger partial charge in [-0.05, 0) is 32.4 Å². The van der Waals surface area contributed by atoms with E-state index in [1.165, 1.54) is 18.4 Å². The van der Waals surface area contributed by atoms with Crippen LogP contribution in [0.1, 0.15) is 30.7 Å². The van der Waals surface area contributed by atoms with Crippen molar-refractivity contribution >= 4 is 0 Å².